The van der Waals surface area contributed by atoms with Crippen molar-refractivity contribution in [1.29, 1.82) is 0 Å². The number of carbonyl (C=O) groups is 2. The highest BCUT2D eigenvalue weighted by molar-refractivity contribution is 6.42. The number of nitrogens with zero attached hydrogens (tertiary/aromatic N) is 1. The highest BCUT2D eigenvalue weighted by atomic mass is 35.5. The Hall–Kier alpha value is -2.24. The van der Waals surface area contributed by atoms with E-state index in [2.05, 4.69) is 5.32 Å². The van der Waals surface area contributed by atoms with Crippen LogP contribution in [-0.2, 0) is 4.79 Å². The summed E-state index contributed by atoms with van der Waals surface area (Å²) < 4.78 is 5.25. The van der Waals surface area contributed by atoms with E-state index in [1.54, 1.807) is 36.3 Å². The average molecular weight is 393 g/mol. The maximum atomic E-state index is 12.8. The third-order valence-electron chi connectivity index (χ3n) is 4.35. The van der Waals surface area contributed by atoms with Gasteiger partial charge in [0.1, 0.15) is 11.8 Å². The first-order chi connectivity index (χ1) is 12.5. The third kappa shape index (κ3) is 3.79. The molecule has 2 aromatic rings. The minimum Gasteiger partial charge on any atom is -0.495 e. The second-order valence-corrected chi connectivity index (χ2v) is 6.79. The average Bonchev–Trinajstić information content (AvgIpc) is 3.13. The molecule has 0 spiro atoms. The highest BCUT2D eigenvalue weighted by Crippen LogP contribution is 2.28. The van der Waals surface area contributed by atoms with E-state index in [-0.39, 0.29) is 11.8 Å². The SMILES string of the molecule is COc1ccccc1NC(=O)C1CCCN1C(=O)c1ccc(Cl)c(Cl)c1. The van der Waals surface area contributed by atoms with E-state index in [9.17, 15) is 9.59 Å². The van der Waals surface area contributed by atoms with Crippen molar-refractivity contribution in [2.45, 2.75) is 18.9 Å². The number of ether oxygens (including phenoxy) is 1. The summed E-state index contributed by atoms with van der Waals surface area (Å²) in [5.41, 5.74) is 0.991. The second-order valence-electron chi connectivity index (χ2n) is 5.97. The molecule has 2 amide bonds. The maximum Gasteiger partial charge on any atom is 0.254 e. The first-order valence-electron chi connectivity index (χ1n) is 8.21. The molecule has 1 aliphatic heterocycles. The van der Waals surface area contributed by atoms with Crippen LogP contribution in [0.25, 0.3) is 0 Å². The molecule has 136 valence electrons. The summed E-state index contributed by atoms with van der Waals surface area (Å²) >= 11 is 11.9. The minimum atomic E-state index is -0.540. The molecular formula is C19H18Cl2N2O3. The zero-order valence-corrected chi connectivity index (χ0v) is 15.7. The van der Waals surface area contributed by atoms with Gasteiger partial charge in [0.25, 0.3) is 5.91 Å². The molecule has 0 radical (unpaired) electrons. The lowest BCUT2D eigenvalue weighted by Crippen LogP contribution is -2.43. The molecule has 2 aromatic carbocycles. The van der Waals surface area contributed by atoms with Crippen LogP contribution < -0.4 is 10.1 Å². The molecule has 0 aliphatic carbocycles. The Bertz CT molecular complexity index is 841. The first kappa shape index (κ1) is 18.5. The van der Waals surface area contributed by atoms with E-state index in [1.165, 1.54) is 6.07 Å². The molecule has 1 atom stereocenters. The van der Waals surface area contributed by atoms with Crippen molar-refractivity contribution in [2.24, 2.45) is 0 Å². The first-order valence-corrected chi connectivity index (χ1v) is 8.96. The van der Waals surface area contributed by atoms with Crippen molar-refractivity contribution in [3.8, 4) is 5.75 Å². The number of amides is 2. The zero-order valence-electron chi connectivity index (χ0n) is 14.2. The van der Waals surface area contributed by atoms with Gasteiger partial charge in [0.2, 0.25) is 5.91 Å². The fourth-order valence-corrected chi connectivity index (χ4v) is 3.34. The molecule has 1 fully saturated rings. The molecule has 1 N–H and O–H groups in total. The van der Waals surface area contributed by atoms with Crippen molar-refractivity contribution in [3.05, 3.63) is 58.1 Å². The highest BCUT2D eigenvalue weighted by Gasteiger charge is 2.35. The van der Waals surface area contributed by atoms with Gasteiger partial charge in [0.15, 0.2) is 0 Å². The molecular weight excluding hydrogens is 375 g/mol. The van der Waals surface area contributed by atoms with Gasteiger partial charge in [0.05, 0.1) is 22.8 Å². The fraction of sp³-hybridized carbons (Fsp3) is 0.263. The molecule has 5 nitrogen and oxygen atoms in total. The Labute approximate surface area is 161 Å². The Balaban J connectivity index is 1.77. The van der Waals surface area contributed by atoms with Gasteiger partial charge in [0, 0.05) is 12.1 Å². The molecule has 1 heterocycles. The van der Waals surface area contributed by atoms with E-state index < -0.39 is 6.04 Å². The number of benzene rings is 2. The van der Waals surface area contributed by atoms with Crippen LogP contribution in [0.1, 0.15) is 23.2 Å². The Morgan fingerprint density at radius 2 is 1.92 bits per heavy atom. The predicted molar refractivity (Wildman–Crippen MR) is 102 cm³/mol. The number of rotatable bonds is 4. The van der Waals surface area contributed by atoms with Crippen LogP contribution in [0.15, 0.2) is 42.5 Å². The van der Waals surface area contributed by atoms with Crippen LogP contribution in [0.3, 0.4) is 0 Å². The van der Waals surface area contributed by atoms with Gasteiger partial charge in [-0.25, -0.2) is 0 Å². The van der Waals surface area contributed by atoms with Gasteiger partial charge >= 0.3 is 0 Å². The van der Waals surface area contributed by atoms with Crippen molar-refractivity contribution in [2.75, 3.05) is 19.0 Å². The summed E-state index contributed by atoms with van der Waals surface area (Å²) in [5.74, 6) is 0.0999. The summed E-state index contributed by atoms with van der Waals surface area (Å²) in [6.07, 6.45) is 1.37. The van der Waals surface area contributed by atoms with Crippen LogP contribution in [0.4, 0.5) is 5.69 Å². The molecule has 0 bridgehead atoms. The van der Waals surface area contributed by atoms with E-state index in [0.717, 1.165) is 6.42 Å². The number of anilines is 1. The predicted octanol–water partition coefficient (Wildman–Crippen LogP) is 4.25. The summed E-state index contributed by atoms with van der Waals surface area (Å²) in [5, 5.41) is 3.55. The van der Waals surface area contributed by atoms with Crippen molar-refractivity contribution >= 4 is 40.7 Å². The van der Waals surface area contributed by atoms with Crippen molar-refractivity contribution < 1.29 is 14.3 Å². The lowest BCUT2D eigenvalue weighted by Gasteiger charge is -2.24. The van der Waals surface area contributed by atoms with Gasteiger partial charge < -0.3 is 15.0 Å². The summed E-state index contributed by atoms with van der Waals surface area (Å²) in [6, 6.07) is 11.3. The van der Waals surface area contributed by atoms with E-state index in [4.69, 9.17) is 27.9 Å². The maximum absolute atomic E-state index is 12.8. The lowest BCUT2D eigenvalue weighted by molar-refractivity contribution is -0.119. The van der Waals surface area contributed by atoms with E-state index in [1.807, 2.05) is 12.1 Å². The second kappa shape index (κ2) is 7.98. The standard InChI is InChI=1S/C19H18Cl2N2O3/c1-26-17-7-3-2-5-15(17)22-18(24)16-6-4-10-23(16)19(25)12-8-9-13(20)14(21)11-12/h2-3,5,7-9,11,16H,4,6,10H2,1H3,(H,22,24). The van der Waals surface area contributed by atoms with Crippen LogP contribution >= 0.6 is 23.2 Å². The monoisotopic (exact) mass is 392 g/mol. The number of methoxy groups -OCH3 is 1. The topological polar surface area (TPSA) is 58.6 Å². The Morgan fingerprint density at radius 3 is 2.65 bits per heavy atom. The molecule has 1 saturated heterocycles. The molecule has 0 saturated carbocycles. The van der Waals surface area contributed by atoms with E-state index >= 15 is 0 Å². The molecule has 0 aromatic heterocycles. The van der Waals surface area contributed by atoms with Crippen molar-refractivity contribution in [3.63, 3.8) is 0 Å². The molecule has 26 heavy (non-hydrogen) atoms. The molecule has 3 rings (SSSR count). The van der Waals surface area contributed by atoms with Crippen LogP contribution in [0, 0.1) is 0 Å². The van der Waals surface area contributed by atoms with Crippen molar-refractivity contribution in [1.82, 2.24) is 4.90 Å². The van der Waals surface area contributed by atoms with Gasteiger partial charge in [-0.3, -0.25) is 9.59 Å². The Kier molecular flexibility index (Phi) is 5.69. The largest absolute Gasteiger partial charge is 0.495 e. The zero-order chi connectivity index (χ0) is 18.7. The number of halogens is 2. The number of hydrogen-bond acceptors (Lipinski definition) is 3. The third-order valence-corrected chi connectivity index (χ3v) is 5.09. The lowest BCUT2D eigenvalue weighted by atomic mass is 10.1. The molecule has 7 heteroatoms. The summed E-state index contributed by atoms with van der Waals surface area (Å²) in [7, 11) is 1.54. The molecule has 1 aliphatic rings. The summed E-state index contributed by atoms with van der Waals surface area (Å²) in [4.78, 5) is 27.1. The van der Waals surface area contributed by atoms with Crippen LogP contribution in [0.5, 0.6) is 5.75 Å². The fourth-order valence-electron chi connectivity index (χ4n) is 3.04. The van der Waals surface area contributed by atoms with Crippen LogP contribution in [0.2, 0.25) is 10.0 Å². The quantitative estimate of drug-likeness (QED) is 0.845. The summed E-state index contributed by atoms with van der Waals surface area (Å²) in [6.45, 7) is 0.517. The number of hydrogen-bond donors (Lipinski definition) is 1. The minimum absolute atomic E-state index is 0.235. The normalized spacial score (nSPS) is 16.4. The van der Waals surface area contributed by atoms with Crippen LogP contribution in [-0.4, -0.2) is 36.4 Å². The van der Waals surface area contributed by atoms with Gasteiger partial charge in [-0.15, -0.1) is 0 Å². The number of likely N-dealkylation sites (tertiary alicyclic amines) is 1. The van der Waals surface area contributed by atoms with E-state index in [0.29, 0.717) is 40.0 Å². The molecule has 1 unspecified atom stereocenters. The smallest absolute Gasteiger partial charge is 0.254 e. The Morgan fingerprint density at radius 1 is 1.15 bits per heavy atom. The number of para-hydroxylation sites is 2. The van der Waals surface area contributed by atoms with Gasteiger partial charge in [-0.05, 0) is 43.2 Å². The number of nitrogens with one attached hydrogen (secondary N) is 1. The number of carbonyl (C=O) groups excluding carboxylic acids is 2. The van der Waals surface area contributed by atoms with Gasteiger partial charge in [-0.2, -0.15) is 0 Å². The van der Waals surface area contributed by atoms with Gasteiger partial charge in [-0.1, -0.05) is 35.3 Å².